The molecule has 2 aromatic carbocycles. The van der Waals surface area contributed by atoms with E-state index >= 15 is 0 Å². The lowest BCUT2D eigenvalue weighted by molar-refractivity contribution is 0.0938. The van der Waals surface area contributed by atoms with Gasteiger partial charge in [0, 0.05) is 46.8 Å². The van der Waals surface area contributed by atoms with Crippen LogP contribution in [0.2, 0.25) is 10.0 Å². The summed E-state index contributed by atoms with van der Waals surface area (Å²) in [6.45, 7) is 3.20. The number of aliphatic hydroxyl groups is 1. The normalized spacial score (nSPS) is 10.9. The van der Waals surface area contributed by atoms with Gasteiger partial charge in [-0.2, -0.15) is 0 Å². The molecule has 0 aliphatic rings. The van der Waals surface area contributed by atoms with Gasteiger partial charge in [-0.3, -0.25) is 0 Å². The number of nitrogens with zero attached hydrogens (tertiary/aromatic N) is 1. The van der Waals surface area contributed by atoms with E-state index in [-0.39, 0.29) is 19.0 Å². The van der Waals surface area contributed by atoms with Crippen LogP contribution >= 0.6 is 35.6 Å². The standard InChI is InChI=1S/C20H22Cl2N2O2.ClH/c21-17-6-5-15(19(22)11-17)13-24-14-16(12-23-7-9-26-10-8-25)18-3-1-2-4-20(18)24;/h1-6,11,14,23,25H,7-10,12-13H2;1H. The highest BCUT2D eigenvalue weighted by atomic mass is 35.5. The van der Waals surface area contributed by atoms with Gasteiger partial charge < -0.3 is 19.7 Å². The van der Waals surface area contributed by atoms with Crippen molar-refractivity contribution in [3.05, 3.63) is 69.8 Å². The van der Waals surface area contributed by atoms with Gasteiger partial charge in [-0.05, 0) is 29.3 Å². The third-order valence-electron chi connectivity index (χ3n) is 4.20. The first kappa shape index (κ1) is 22.0. The lowest BCUT2D eigenvalue weighted by Gasteiger charge is -2.08. The van der Waals surface area contributed by atoms with Gasteiger partial charge in [0.25, 0.3) is 0 Å². The molecule has 1 heterocycles. The minimum atomic E-state index is 0. The number of hydrogen-bond acceptors (Lipinski definition) is 3. The monoisotopic (exact) mass is 428 g/mol. The molecule has 3 rings (SSSR count). The van der Waals surface area contributed by atoms with Crippen LogP contribution in [0.4, 0.5) is 0 Å². The summed E-state index contributed by atoms with van der Waals surface area (Å²) in [5, 5.41) is 14.6. The largest absolute Gasteiger partial charge is 0.394 e. The van der Waals surface area contributed by atoms with Crippen LogP contribution in [0.15, 0.2) is 48.7 Å². The first-order valence-electron chi connectivity index (χ1n) is 8.59. The molecular formula is C20H23Cl3N2O2. The molecule has 0 saturated carbocycles. The summed E-state index contributed by atoms with van der Waals surface area (Å²) in [5.74, 6) is 0. The molecule has 0 saturated heterocycles. The van der Waals surface area contributed by atoms with E-state index in [1.54, 1.807) is 6.07 Å². The Balaban J connectivity index is 0.00000261. The van der Waals surface area contributed by atoms with Crippen LogP contribution in [0.1, 0.15) is 11.1 Å². The number of rotatable bonds is 9. The predicted molar refractivity (Wildman–Crippen MR) is 114 cm³/mol. The van der Waals surface area contributed by atoms with Gasteiger partial charge in [-0.15, -0.1) is 12.4 Å². The van der Waals surface area contributed by atoms with Crippen molar-refractivity contribution in [3.8, 4) is 0 Å². The number of hydrogen-bond donors (Lipinski definition) is 2. The lowest BCUT2D eigenvalue weighted by Crippen LogP contribution is -2.19. The zero-order valence-electron chi connectivity index (χ0n) is 14.8. The second kappa shape index (κ2) is 10.9. The molecule has 0 radical (unpaired) electrons. The van der Waals surface area contributed by atoms with Crippen molar-refractivity contribution in [2.75, 3.05) is 26.4 Å². The molecule has 7 heteroatoms. The van der Waals surface area contributed by atoms with Crippen molar-refractivity contribution in [1.29, 1.82) is 0 Å². The maximum atomic E-state index is 8.71. The van der Waals surface area contributed by atoms with Crippen LogP contribution in [0.25, 0.3) is 10.9 Å². The SMILES string of the molecule is Cl.OCCOCCNCc1cn(Cc2ccc(Cl)cc2Cl)c2ccccc12. The highest BCUT2D eigenvalue weighted by Crippen LogP contribution is 2.26. The second-order valence-electron chi connectivity index (χ2n) is 6.05. The number of nitrogens with one attached hydrogen (secondary N) is 1. The summed E-state index contributed by atoms with van der Waals surface area (Å²) in [7, 11) is 0. The molecule has 27 heavy (non-hydrogen) atoms. The highest BCUT2D eigenvalue weighted by molar-refractivity contribution is 6.35. The van der Waals surface area contributed by atoms with Gasteiger partial charge in [-0.25, -0.2) is 0 Å². The molecule has 4 nitrogen and oxygen atoms in total. The molecule has 2 N–H and O–H groups in total. The molecule has 0 atom stereocenters. The number of halogens is 3. The topological polar surface area (TPSA) is 46.4 Å². The Morgan fingerprint density at radius 2 is 1.85 bits per heavy atom. The van der Waals surface area contributed by atoms with Crippen LogP contribution in [-0.4, -0.2) is 36.0 Å². The van der Waals surface area contributed by atoms with Gasteiger partial charge in [-0.1, -0.05) is 47.5 Å². The molecule has 0 aliphatic heterocycles. The fourth-order valence-corrected chi connectivity index (χ4v) is 3.43. The maximum absolute atomic E-state index is 8.71. The van der Waals surface area contributed by atoms with Crippen molar-refractivity contribution in [2.24, 2.45) is 0 Å². The third-order valence-corrected chi connectivity index (χ3v) is 4.79. The number of ether oxygens (including phenoxy) is 1. The van der Waals surface area contributed by atoms with Crippen molar-refractivity contribution in [1.82, 2.24) is 9.88 Å². The van der Waals surface area contributed by atoms with E-state index in [1.807, 2.05) is 18.2 Å². The summed E-state index contributed by atoms with van der Waals surface area (Å²) in [6, 6.07) is 14.0. The van der Waals surface area contributed by atoms with Crippen LogP contribution in [0.5, 0.6) is 0 Å². The van der Waals surface area contributed by atoms with Crippen molar-refractivity contribution < 1.29 is 9.84 Å². The van der Waals surface area contributed by atoms with Gasteiger partial charge in [0.05, 0.1) is 19.8 Å². The second-order valence-corrected chi connectivity index (χ2v) is 6.89. The fourth-order valence-electron chi connectivity index (χ4n) is 2.96. The predicted octanol–water partition coefficient (Wildman–Crippen LogP) is 4.52. The molecule has 0 aliphatic carbocycles. The fraction of sp³-hybridized carbons (Fsp3) is 0.300. The molecule has 1 aromatic heterocycles. The lowest BCUT2D eigenvalue weighted by atomic mass is 10.2. The molecule has 0 unspecified atom stereocenters. The molecule has 3 aromatic rings. The number of aromatic nitrogens is 1. The summed E-state index contributed by atoms with van der Waals surface area (Å²) in [6.07, 6.45) is 2.16. The maximum Gasteiger partial charge on any atom is 0.0698 e. The minimum Gasteiger partial charge on any atom is -0.394 e. The molecule has 146 valence electrons. The van der Waals surface area contributed by atoms with Gasteiger partial charge in [0.2, 0.25) is 0 Å². The Hall–Kier alpha value is -1.27. The molecular weight excluding hydrogens is 407 g/mol. The van der Waals surface area contributed by atoms with Crippen molar-refractivity contribution in [3.63, 3.8) is 0 Å². The first-order chi connectivity index (χ1) is 12.7. The number of benzene rings is 2. The molecule has 0 bridgehead atoms. The molecule has 0 fully saturated rings. The quantitative estimate of drug-likeness (QED) is 0.492. The smallest absolute Gasteiger partial charge is 0.0698 e. The zero-order valence-corrected chi connectivity index (χ0v) is 17.2. The van der Waals surface area contributed by atoms with Crippen LogP contribution in [0.3, 0.4) is 0 Å². The Kier molecular flexibility index (Phi) is 8.90. The Morgan fingerprint density at radius 1 is 1.04 bits per heavy atom. The van der Waals surface area contributed by atoms with E-state index in [0.717, 1.165) is 18.7 Å². The summed E-state index contributed by atoms with van der Waals surface area (Å²) < 4.78 is 7.48. The molecule has 0 spiro atoms. The van der Waals surface area contributed by atoms with Crippen LogP contribution in [0, 0.1) is 0 Å². The van der Waals surface area contributed by atoms with Crippen molar-refractivity contribution in [2.45, 2.75) is 13.1 Å². The first-order valence-corrected chi connectivity index (χ1v) is 9.34. The average molecular weight is 430 g/mol. The summed E-state index contributed by atoms with van der Waals surface area (Å²) >= 11 is 12.3. The Labute approximate surface area is 175 Å². The third kappa shape index (κ3) is 5.85. The van der Waals surface area contributed by atoms with E-state index in [0.29, 0.717) is 29.8 Å². The van der Waals surface area contributed by atoms with Gasteiger partial charge in [0.1, 0.15) is 0 Å². The van der Waals surface area contributed by atoms with Gasteiger partial charge >= 0.3 is 0 Å². The van der Waals surface area contributed by atoms with Crippen molar-refractivity contribution >= 4 is 46.5 Å². The van der Waals surface area contributed by atoms with Gasteiger partial charge in [0.15, 0.2) is 0 Å². The number of aliphatic hydroxyl groups excluding tert-OH is 1. The van der Waals surface area contributed by atoms with Crippen LogP contribution in [-0.2, 0) is 17.8 Å². The van der Waals surface area contributed by atoms with E-state index in [4.69, 9.17) is 33.0 Å². The van der Waals surface area contributed by atoms with E-state index in [2.05, 4.69) is 34.3 Å². The van der Waals surface area contributed by atoms with E-state index < -0.39 is 0 Å². The minimum absolute atomic E-state index is 0. The summed E-state index contributed by atoms with van der Waals surface area (Å²) in [4.78, 5) is 0. The molecule has 0 amide bonds. The number of para-hydroxylation sites is 1. The number of fused-ring (bicyclic) bond motifs is 1. The Bertz CT molecular complexity index is 868. The van der Waals surface area contributed by atoms with E-state index in [9.17, 15) is 0 Å². The summed E-state index contributed by atoms with van der Waals surface area (Å²) in [5.41, 5.74) is 3.44. The van der Waals surface area contributed by atoms with Crippen LogP contribution < -0.4 is 5.32 Å². The van der Waals surface area contributed by atoms with E-state index in [1.165, 1.54) is 16.5 Å². The Morgan fingerprint density at radius 3 is 2.63 bits per heavy atom. The zero-order chi connectivity index (χ0) is 18.4. The average Bonchev–Trinajstić information content (AvgIpc) is 2.98. The highest BCUT2D eigenvalue weighted by Gasteiger charge is 2.10.